The minimum atomic E-state index is 0.0393. The maximum atomic E-state index is 11.4. The lowest BCUT2D eigenvalue weighted by molar-refractivity contribution is -0.119. The molecule has 2 unspecified atom stereocenters. The predicted molar refractivity (Wildman–Crippen MR) is 67.0 cm³/mol. The normalized spacial score (nSPS) is 27.9. The number of nitrogens with zero attached hydrogens (tertiary/aromatic N) is 2. The first-order valence-corrected chi connectivity index (χ1v) is 6.16. The number of amides is 1. The molecule has 1 aromatic rings. The Balaban J connectivity index is 1.86. The number of carbonyl (C=O) groups excluding carboxylic acids is 1. The van der Waals surface area contributed by atoms with Crippen LogP contribution in [0.5, 0.6) is 0 Å². The molecule has 3 heteroatoms. The van der Waals surface area contributed by atoms with Crippen molar-refractivity contribution in [1.29, 1.82) is 0 Å². The monoisotopic (exact) mass is 228 g/mol. The molecule has 2 atom stereocenters. The van der Waals surface area contributed by atoms with E-state index >= 15 is 0 Å². The van der Waals surface area contributed by atoms with E-state index in [9.17, 15) is 4.79 Å². The number of carbonyl (C=O) groups is 1. The fourth-order valence-corrected chi connectivity index (χ4v) is 2.79. The van der Waals surface area contributed by atoms with Crippen LogP contribution in [0.25, 0.3) is 0 Å². The molecule has 1 aromatic carbocycles. The first-order chi connectivity index (χ1) is 8.24. The van der Waals surface area contributed by atoms with Crippen molar-refractivity contribution < 1.29 is 4.79 Å². The fourth-order valence-electron chi connectivity index (χ4n) is 2.79. The zero-order valence-electron chi connectivity index (χ0n) is 9.97. The SMILES string of the molecule is CC1CC(=O)N=C2CC(c3ccccc3)CN21. The van der Waals surface area contributed by atoms with Gasteiger partial charge in [-0.3, -0.25) is 4.79 Å². The van der Waals surface area contributed by atoms with Crippen LogP contribution in [0.4, 0.5) is 0 Å². The Labute approximate surface area is 101 Å². The molecule has 88 valence electrons. The molecule has 1 fully saturated rings. The van der Waals surface area contributed by atoms with Crippen molar-refractivity contribution in [1.82, 2.24) is 4.90 Å². The van der Waals surface area contributed by atoms with E-state index in [2.05, 4.69) is 41.1 Å². The van der Waals surface area contributed by atoms with Gasteiger partial charge in [-0.15, -0.1) is 0 Å². The van der Waals surface area contributed by atoms with E-state index in [1.165, 1.54) is 5.56 Å². The van der Waals surface area contributed by atoms with E-state index in [0.29, 0.717) is 18.4 Å². The Morgan fingerprint density at radius 2 is 2.00 bits per heavy atom. The van der Waals surface area contributed by atoms with Crippen LogP contribution in [0.3, 0.4) is 0 Å². The summed E-state index contributed by atoms with van der Waals surface area (Å²) < 4.78 is 0. The molecule has 0 aromatic heterocycles. The van der Waals surface area contributed by atoms with E-state index in [4.69, 9.17) is 0 Å². The molecule has 2 aliphatic rings. The highest BCUT2D eigenvalue weighted by molar-refractivity contribution is 5.98. The summed E-state index contributed by atoms with van der Waals surface area (Å²) in [6, 6.07) is 10.8. The second kappa shape index (κ2) is 3.99. The molecule has 0 spiro atoms. The van der Waals surface area contributed by atoms with Crippen molar-refractivity contribution >= 4 is 11.7 Å². The largest absolute Gasteiger partial charge is 0.356 e. The highest BCUT2D eigenvalue weighted by atomic mass is 16.1. The van der Waals surface area contributed by atoms with Crippen molar-refractivity contribution in [3.8, 4) is 0 Å². The molecule has 0 saturated carbocycles. The van der Waals surface area contributed by atoms with Crippen LogP contribution in [0.2, 0.25) is 0 Å². The second-order valence-electron chi connectivity index (χ2n) is 4.94. The van der Waals surface area contributed by atoms with Gasteiger partial charge in [0.25, 0.3) is 0 Å². The Bertz CT molecular complexity index is 466. The third kappa shape index (κ3) is 1.86. The van der Waals surface area contributed by atoms with E-state index in [1.54, 1.807) is 0 Å². The van der Waals surface area contributed by atoms with Crippen LogP contribution in [0.1, 0.15) is 31.2 Å². The number of aliphatic imine (C=N–C) groups is 1. The van der Waals surface area contributed by atoms with Crippen LogP contribution in [-0.4, -0.2) is 29.2 Å². The van der Waals surface area contributed by atoms with Crippen molar-refractivity contribution in [2.24, 2.45) is 4.99 Å². The average Bonchev–Trinajstić information content (AvgIpc) is 2.74. The van der Waals surface area contributed by atoms with E-state index in [1.807, 2.05) is 6.07 Å². The first-order valence-electron chi connectivity index (χ1n) is 6.16. The molecule has 0 radical (unpaired) electrons. The van der Waals surface area contributed by atoms with Gasteiger partial charge in [-0.05, 0) is 12.5 Å². The van der Waals surface area contributed by atoms with Gasteiger partial charge in [0.1, 0.15) is 5.84 Å². The molecular formula is C14H16N2O. The number of hydrogen-bond acceptors (Lipinski definition) is 2. The zero-order chi connectivity index (χ0) is 11.8. The summed E-state index contributed by atoms with van der Waals surface area (Å²) in [6.07, 6.45) is 1.46. The quantitative estimate of drug-likeness (QED) is 0.738. The van der Waals surface area contributed by atoms with Crippen LogP contribution >= 0.6 is 0 Å². The molecule has 3 rings (SSSR count). The molecule has 17 heavy (non-hydrogen) atoms. The maximum Gasteiger partial charge on any atom is 0.249 e. The second-order valence-corrected chi connectivity index (χ2v) is 4.94. The van der Waals surface area contributed by atoms with Gasteiger partial charge in [-0.2, -0.15) is 0 Å². The minimum Gasteiger partial charge on any atom is -0.356 e. The summed E-state index contributed by atoms with van der Waals surface area (Å²) in [5, 5.41) is 0. The summed E-state index contributed by atoms with van der Waals surface area (Å²) in [4.78, 5) is 17.9. The molecule has 0 bridgehead atoms. The zero-order valence-corrected chi connectivity index (χ0v) is 9.97. The van der Waals surface area contributed by atoms with Crippen molar-refractivity contribution in [3.05, 3.63) is 35.9 Å². The summed E-state index contributed by atoms with van der Waals surface area (Å²) >= 11 is 0. The summed E-state index contributed by atoms with van der Waals surface area (Å²) in [5.74, 6) is 1.52. The molecule has 2 aliphatic heterocycles. The number of fused-ring (bicyclic) bond motifs is 1. The third-order valence-electron chi connectivity index (χ3n) is 3.70. The molecule has 1 amide bonds. The molecule has 1 saturated heterocycles. The highest BCUT2D eigenvalue weighted by Crippen LogP contribution is 2.32. The topological polar surface area (TPSA) is 32.7 Å². The fraction of sp³-hybridized carbons (Fsp3) is 0.429. The Kier molecular flexibility index (Phi) is 2.46. The van der Waals surface area contributed by atoms with Gasteiger partial charge in [-0.1, -0.05) is 30.3 Å². The molecular weight excluding hydrogens is 212 g/mol. The number of rotatable bonds is 1. The Morgan fingerprint density at radius 1 is 1.24 bits per heavy atom. The van der Waals surface area contributed by atoms with E-state index < -0.39 is 0 Å². The van der Waals surface area contributed by atoms with Gasteiger partial charge in [0.2, 0.25) is 5.91 Å². The van der Waals surface area contributed by atoms with Gasteiger partial charge < -0.3 is 4.90 Å². The lowest BCUT2D eigenvalue weighted by Crippen LogP contribution is -2.39. The van der Waals surface area contributed by atoms with Crippen LogP contribution in [0, 0.1) is 0 Å². The molecule has 2 heterocycles. The molecule has 0 N–H and O–H groups in total. The first kappa shape index (κ1) is 10.5. The van der Waals surface area contributed by atoms with Crippen LogP contribution < -0.4 is 0 Å². The maximum absolute atomic E-state index is 11.4. The summed E-state index contributed by atoms with van der Waals surface area (Å²) in [6.45, 7) is 3.11. The van der Waals surface area contributed by atoms with Crippen molar-refractivity contribution in [2.75, 3.05) is 6.54 Å². The van der Waals surface area contributed by atoms with E-state index in [0.717, 1.165) is 18.8 Å². The lowest BCUT2D eigenvalue weighted by Gasteiger charge is -2.29. The van der Waals surface area contributed by atoms with Crippen molar-refractivity contribution in [3.63, 3.8) is 0 Å². The number of hydrogen-bond donors (Lipinski definition) is 0. The van der Waals surface area contributed by atoms with Gasteiger partial charge in [0, 0.05) is 31.3 Å². The lowest BCUT2D eigenvalue weighted by atomic mass is 9.98. The molecule has 3 nitrogen and oxygen atoms in total. The summed E-state index contributed by atoms with van der Waals surface area (Å²) in [5.41, 5.74) is 1.35. The van der Waals surface area contributed by atoms with Gasteiger partial charge in [0.05, 0.1) is 0 Å². The Hall–Kier alpha value is -1.64. The van der Waals surface area contributed by atoms with Gasteiger partial charge in [0.15, 0.2) is 0 Å². The third-order valence-corrected chi connectivity index (χ3v) is 3.70. The summed E-state index contributed by atoms with van der Waals surface area (Å²) in [7, 11) is 0. The Morgan fingerprint density at radius 3 is 2.76 bits per heavy atom. The standard InChI is InChI=1S/C14H16N2O/c1-10-7-14(17)15-13-8-12(9-16(10)13)11-5-3-2-4-6-11/h2-6,10,12H,7-9H2,1H3. The highest BCUT2D eigenvalue weighted by Gasteiger charge is 2.35. The van der Waals surface area contributed by atoms with E-state index in [-0.39, 0.29) is 5.91 Å². The minimum absolute atomic E-state index is 0.0393. The van der Waals surface area contributed by atoms with Crippen molar-refractivity contribution in [2.45, 2.75) is 31.7 Å². The van der Waals surface area contributed by atoms with Gasteiger partial charge in [-0.25, -0.2) is 4.99 Å². The number of benzene rings is 1. The van der Waals surface area contributed by atoms with Gasteiger partial charge >= 0.3 is 0 Å². The smallest absolute Gasteiger partial charge is 0.249 e. The van der Waals surface area contributed by atoms with Crippen LogP contribution in [-0.2, 0) is 4.79 Å². The molecule has 0 aliphatic carbocycles. The number of amidine groups is 1. The van der Waals surface area contributed by atoms with Crippen LogP contribution in [0.15, 0.2) is 35.3 Å². The predicted octanol–water partition coefficient (Wildman–Crippen LogP) is 2.19. The average molecular weight is 228 g/mol.